The minimum absolute atomic E-state index is 0.194. The third kappa shape index (κ3) is 3.31. The summed E-state index contributed by atoms with van der Waals surface area (Å²) in [7, 11) is 0. The molecular weight excluding hydrogens is 282 g/mol. The second-order valence-electron chi connectivity index (χ2n) is 6.62. The molecule has 0 bridgehead atoms. The predicted octanol–water partition coefficient (Wildman–Crippen LogP) is 4.62. The molecule has 1 saturated heterocycles. The van der Waals surface area contributed by atoms with E-state index in [2.05, 4.69) is 73.8 Å². The maximum atomic E-state index is 11.6. The summed E-state index contributed by atoms with van der Waals surface area (Å²) in [4.78, 5) is 11.6. The molecule has 1 aliphatic rings. The lowest BCUT2D eigenvalue weighted by atomic mass is 9.72. The molecule has 23 heavy (non-hydrogen) atoms. The number of carbonyl (C=O) groups excluding carboxylic acids is 1. The van der Waals surface area contributed by atoms with E-state index in [1.807, 2.05) is 0 Å². The van der Waals surface area contributed by atoms with E-state index in [0.29, 0.717) is 24.2 Å². The molecule has 0 saturated carbocycles. The van der Waals surface area contributed by atoms with Gasteiger partial charge in [0.25, 0.3) is 0 Å². The van der Waals surface area contributed by atoms with Crippen molar-refractivity contribution in [2.24, 2.45) is 11.8 Å². The molecule has 0 aliphatic carbocycles. The van der Waals surface area contributed by atoms with Crippen LogP contribution in [-0.2, 0) is 4.79 Å². The van der Waals surface area contributed by atoms with Gasteiger partial charge in [-0.2, -0.15) is 0 Å². The third-order valence-electron chi connectivity index (χ3n) is 5.17. The van der Waals surface area contributed by atoms with Crippen molar-refractivity contribution in [3.05, 3.63) is 60.2 Å². The Morgan fingerprint density at radius 3 is 2.48 bits per heavy atom. The molecule has 1 fully saturated rings. The summed E-state index contributed by atoms with van der Waals surface area (Å²) < 4.78 is 0. The van der Waals surface area contributed by atoms with Crippen LogP contribution >= 0.6 is 0 Å². The second kappa shape index (κ2) is 6.99. The summed E-state index contributed by atoms with van der Waals surface area (Å²) in [6.07, 6.45) is 1.74. The van der Waals surface area contributed by atoms with Gasteiger partial charge in [0.15, 0.2) is 0 Å². The molecule has 2 aromatic rings. The van der Waals surface area contributed by atoms with Gasteiger partial charge in [0.1, 0.15) is 0 Å². The zero-order valence-corrected chi connectivity index (χ0v) is 14.0. The van der Waals surface area contributed by atoms with Crippen molar-refractivity contribution in [2.45, 2.75) is 32.6 Å². The molecule has 3 unspecified atom stereocenters. The van der Waals surface area contributed by atoms with Gasteiger partial charge < -0.3 is 5.32 Å². The summed E-state index contributed by atoms with van der Waals surface area (Å²) in [5, 5.41) is 3.07. The Morgan fingerprint density at radius 1 is 1.09 bits per heavy atom. The zero-order valence-electron chi connectivity index (χ0n) is 14.0. The van der Waals surface area contributed by atoms with Crippen molar-refractivity contribution in [1.82, 2.24) is 5.32 Å². The van der Waals surface area contributed by atoms with E-state index in [0.717, 1.165) is 13.0 Å². The van der Waals surface area contributed by atoms with Crippen LogP contribution in [0.5, 0.6) is 0 Å². The van der Waals surface area contributed by atoms with Gasteiger partial charge in [-0.3, -0.25) is 4.79 Å². The highest BCUT2D eigenvalue weighted by Crippen LogP contribution is 2.40. The van der Waals surface area contributed by atoms with Crippen LogP contribution in [0.1, 0.15) is 38.2 Å². The molecule has 1 amide bonds. The van der Waals surface area contributed by atoms with E-state index in [-0.39, 0.29) is 5.91 Å². The fraction of sp³-hybridized carbons (Fsp3) is 0.381. The second-order valence-corrected chi connectivity index (χ2v) is 6.62. The van der Waals surface area contributed by atoms with Crippen LogP contribution in [0.3, 0.4) is 0 Å². The molecule has 0 aromatic heterocycles. The number of amides is 1. The minimum atomic E-state index is 0.194. The summed E-state index contributed by atoms with van der Waals surface area (Å²) >= 11 is 0. The van der Waals surface area contributed by atoms with Gasteiger partial charge in [-0.25, -0.2) is 0 Å². The Morgan fingerprint density at radius 2 is 1.78 bits per heavy atom. The lowest BCUT2D eigenvalue weighted by molar-refractivity contribution is -0.124. The smallest absolute Gasteiger partial charge is 0.220 e. The lowest BCUT2D eigenvalue weighted by Crippen LogP contribution is -2.42. The molecule has 3 rings (SSSR count). The quantitative estimate of drug-likeness (QED) is 0.877. The van der Waals surface area contributed by atoms with E-state index in [1.54, 1.807) is 0 Å². The van der Waals surface area contributed by atoms with Crippen LogP contribution < -0.4 is 5.32 Å². The SMILES string of the molecule is CCC(c1ccccc1-c1ccccc1)C1CNC(=O)CC1C. The van der Waals surface area contributed by atoms with Crippen molar-refractivity contribution in [1.29, 1.82) is 0 Å². The molecular formula is C21H25NO. The number of benzene rings is 2. The van der Waals surface area contributed by atoms with Gasteiger partial charge in [0.05, 0.1) is 0 Å². The maximum absolute atomic E-state index is 11.6. The van der Waals surface area contributed by atoms with Gasteiger partial charge in [-0.05, 0) is 40.9 Å². The topological polar surface area (TPSA) is 29.1 Å². The van der Waals surface area contributed by atoms with Crippen LogP contribution in [0.4, 0.5) is 0 Å². The predicted molar refractivity (Wildman–Crippen MR) is 95.2 cm³/mol. The van der Waals surface area contributed by atoms with Crippen LogP contribution in [0.15, 0.2) is 54.6 Å². The Kier molecular flexibility index (Phi) is 4.80. The number of hydrogen-bond donors (Lipinski definition) is 1. The third-order valence-corrected chi connectivity index (χ3v) is 5.17. The van der Waals surface area contributed by atoms with Gasteiger partial charge in [-0.1, -0.05) is 68.4 Å². The van der Waals surface area contributed by atoms with Gasteiger partial charge in [-0.15, -0.1) is 0 Å². The Bertz CT molecular complexity index is 665. The van der Waals surface area contributed by atoms with E-state index < -0.39 is 0 Å². The Hall–Kier alpha value is -2.09. The first-order valence-corrected chi connectivity index (χ1v) is 8.61. The molecule has 2 heteroatoms. The van der Waals surface area contributed by atoms with Crippen molar-refractivity contribution < 1.29 is 4.79 Å². The minimum Gasteiger partial charge on any atom is -0.356 e. The highest BCUT2D eigenvalue weighted by atomic mass is 16.1. The number of carbonyl (C=O) groups is 1. The van der Waals surface area contributed by atoms with E-state index in [1.165, 1.54) is 16.7 Å². The van der Waals surface area contributed by atoms with Crippen LogP contribution in [0.2, 0.25) is 0 Å². The highest BCUT2D eigenvalue weighted by Gasteiger charge is 2.32. The largest absolute Gasteiger partial charge is 0.356 e. The molecule has 1 heterocycles. The first kappa shape index (κ1) is 15.8. The number of nitrogens with one attached hydrogen (secondary N) is 1. The average molecular weight is 307 g/mol. The number of piperidine rings is 1. The Labute approximate surface area is 138 Å². The molecule has 1 N–H and O–H groups in total. The van der Waals surface area contributed by atoms with Gasteiger partial charge >= 0.3 is 0 Å². The first-order valence-electron chi connectivity index (χ1n) is 8.61. The van der Waals surface area contributed by atoms with Gasteiger partial charge in [0, 0.05) is 13.0 Å². The monoisotopic (exact) mass is 307 g/mol. The molecule has 3 atom stereocenters. The summed E-state index contributed by atoms with van der Waals surface area (Å²) in [6.45, 7) is 5.27. The average Bonchev–Trinajstić information content (AvgIpc) is 2.58. The zero-order chi connectivity index (χ0) is 16.2. The lowest BCUT2D eigenvalue weighted by Gasteiger charge is -2.36. The summed E-state index contributed by atoms with van der Waals surface area (Å²) in [5.74, 6) is 1.60. The van der Waals surface area contributed by atoms with E-state index >= 15 is 0 Å². The first-order chi connectivity index (χ1) is 11.2. The molecule has 1 aliphatic heterocycles. The maximum Gasteiger partial charge on any atom is 0.220 e. The summed E-state index contributed by atoms with van der Waals surface area (Å²) in [6, 6.07) is 19.3. The number of hydrogen-bond acceptors (Lipinski definition) is 1. The fourth-order valence-electron chi connectivity index (χ4n) is 3.94. The molecule has 120 valence electrons. The van der Waals surface area contributed by atoms with Crippen LogP contribution in [0.25, 0.3) is 11.1 Å². The van der Waals surface area contributed by atoms with Crippen molar-refractivity contribution in [3.8, 4) is 11.1 Å². The molecule has 2 aromatic carbocycles. The standard InChI is InChI=1S/C21H25NO/c1-3-17(20-14-22-21(23)13-15(20)2)19-12-8-7-11-18(19)16-9-5-4-6-10-16/h4-12,15,17,20H,3,13-14H2,1-2H3,(H,22,23). The Balaban J connectivity index is 1.98. The van der Waals surface area contributed by atoms with E-state index in [9.17, 15) is 4.79 Å². The van der Waals surface area contributed by atoms with Crippen molar-refractivity contribution in [3.63, 3.8) is 0 Å². The van der Waals surface area contributed by atoms with Crippen LogP contribution in [0, 0.1) is 11.8 Å². The van der Waals surface area contributed by atoms with Crippen molar-refractivity contribution in [2.75, 3.05) is 6.54 Å². The summed E-state index contributed by atoms with van der Waals surface area (Å²) in [5.41, 5.74) is 4.01. The molecule has 0 radical (unpaired) electrons. The van der Waals surface area contributed by atoms with Crippen molar-refractivity contribution >= 4 is 5.91 Å². The normalized spacial score (nSPS) is 22.4. The highest BCUT2D eigenvalue weighted by molar-refractivity contribution is 5.77. The number of rotatable bonds is 4. The van der Waals surface area contributed by atoms with Gasteiger partial charge in [0.2, 0.25) is 5.91 Å². The fourth-order valence-corrected chi connectivity index (χ4v) is 3.94. The van der Waals surface area contributed by atoms with Crippen LogP contribution in [-0.4, -0.2) is 12.5 Å². The molecule has 0 spiro atoms. The van der Waals surface area contributed by atoms with E-state index in [4.69, 9.17) is 0 Å². The molecule has 2 nitrogen and oxygen atoms in total.